The van der Waals surface area contributed by atoms with E-state index in [1.807, 2.05) is 54.3 Å². The highest BCUT2D eigenvalue weighted by molar-refractivity contribution is 5.91. The first kappa shape index (κ1) is 19.0. The van der Waals surface area contributed by atoms with Crippen molar-refractivity contribution in [2.45, 2.75) is 38.6 Å². The van der Waals surface area contributed by atoms with Gasteiger partial charge in [0.1, 0.15) is 11.5 Å². The van der Waals surface area contributed by atoms with E-state index in [9.17, 15) is 9.59 Å². The molecule has 0 unspecified atom stereocenters. The van der Waals surface area contributed by atoms with E-state index in [0.29, 0.717) is 25.3 Å². The molecule has 2 aromatic rings. The van der Waals surface area contributed by atoms with Crippen LogP contribution >= 0.6 is 0 Å². The Hall–Kier alpha value is -2.82. The first-order valence-corrected chi connectivity index (χ1v) is 9.47. The molecule has 0 bridgehead atoms. The van der Waals surface area contributed by atoms with Crippen molar-refractivity contribution < 1.29 is 14.0 Å². The van der Waals surface area contributed by atoms with Crippen molar-refractivity contribution in [1.29, 1.82) is 0 Å². The van der Waals surface area contributed by atoms with E-state index >= 15 is 0 Å². The molecule has 0 aliphatic carbocycles. The van der Waals surface area contributed by atoms with Gasteiger partial charge in [-0.05, 0) is 50.0 Å². The molecule has 142 valence electrons. The molecule has 27 heavy (non-hydrogen) atoms. The number of rotatable bonds is 6. The van der Waals surface area contributed by atoms with Crippen LogP contribution in [-0.4, -0.2) is 35.8 Å². The van der Waals surface area contributed by atoms with Crippen LogP contribution in [0.1, 0.15) is 36.3 Å². The Bertz CT molecular complexity index is 787. The van der Waals surface area contributed by atoms with Crippen LogP contribution in [0, 0.1) is 6.92 Å². The lowest BCUT2D eigenvalue weighted by Crippen LogP contribution is -2.46. The van der Waals surface area contributed by atoms with Gasteiger partial charge in [-0.3, -0.25) is 9.59 Å². The summed E-state index contributed by atoms with van der Waals surface area (Å²) in [5.41, 5.74) is 1.17. The molecule has 1 saturated heterocycles. The number of nitrogens with zero attached hydrogens (tertiary/aromatic N) is 1. The summed E-state index contributed by atoms with van der Waals surface area (Å²) in [7, 11) is 0. The van der Waals surface area contributed by atoms with Gasteiger partial charge in [0.25, 0.3) is 0 Å². The normalized spacial score (nSPS) is 15.2. The predicted octanol–water partition coefficient (Wildman–Crippen LogP) is 3.34. The summed E-state index contributed by atoms with van der Waals surface area (Å²) >= 11 is 0. The average Bonchev–Trinajstić information content (AvgIpc) is 3.11. The second-order valence-electron chi connectivity index (χ2n) is 6.93. The Morgan fingerprint density at radius 3 is 2.56 bits per heavy atom. The van der Waals surface area contributed by atoms with Gasteiger partial charge in [0.15, 0.2) is 0 Å². The predicted molar refractivity (Wildman–Crippen MR) is 105 cm³/mol. The number of piperidine rings is 1. The number of aryl methyl sites for hydroxylation is 2. The lowest BCUT2D eigenvalue weighted by Gasteiger charge is -2.31. The molecule has 1 aromatic heterocycles. The molecule has 0 saturated carbocycles. The van der Waals surface area contributed by atoms with Gasteiger partial charge in [0, 0.05) is 31.6 Å². The number of furan rings is 1. The molecule has 0 atom stereocenters. The lowest BCUT2D eigenvalue weighted by atomic mass is 10.0. The van der Waals surface area contributed by atoms with E-state index in [-0.39, 0.29) is 17.9 Å². The van der Waals surface area contributed by atoms with Crippen LogP contribution in [0.5, 0.6) is 0 Å². The SMILES string of the molecule is Cc1ccc(C=CC(=O)N2CCC(NC(=O)CCc3ccccc3)CC2)o1. The molecule has 1 aliphatic heterocycles. The molecule has 0 radical (unpaired) electrons. The minimum atomic E-state index is -0.0158. The van der Waals surface area contributed by atoms with Crippen molar-refractivity contribution in [2.24, 2.45) is 0 Å². The van der Waals surface area contributed by atoms with Gasteiger partial charge < -0.3 is 14.6 Å². The zero-order valence-corrected chi connectivity index (χ0v) is 15.7. The minimum Gasteiger partial charge on any atom is -0.462 e. The monoisotopic (exact) mass is 366 g/mol. The number of nitrogens with one attached hydrogen (secondary N) is 1. The van der Waals surface area contributed by atoms with E-state index in [1.165, 1.54) is 5.56 Å². The van der Waals surface area contributed by atoms with Gasteiger partial charge in [-0.25, -0.2) is 0 Å². The largest absolute Gasteiger partial charge is 0.462 e. The summed E-state index contributed by atoms with van der Waals surface area (Å²) < 4.78 is 5.43. The number of carbonyl (C=O) groups excluding carboxylic acids is 2. The Kier molecular flexibility index (Phi) is 6.47. The van der Waals surface area contributed by atoms with Crippen molar-refractivity contribution in [1.82, 2.24) is 10.2 Å². The first-order valence-electron chi connectivity index (χ1n) is 9.47. The zero-order valence-electron chi connectivity index (χ0n) is 15.7. The maximum atomic E-state index is 12.3. The number of hydrogen-bond acceptors (Lipinski definition) is 3. The minimum absolute atomic E-state index is 0.0158. The van der Waals surface area contributed by atoms with Crippen molar-refractivity contribution in [3.8, 4) is 0 Å². The maximum Gasteiger partial charge on any atom is 0.246 e. The Labute approximate surface area is 160 Å². The van der Waals surface area contributed by atoms with Crippen LogP contribution in [-0.2, 0) is 16.0 Å². The summed E-state index contributed by atoms with van der Waals surface area (Å²) in [6, 6.07) is 13.9. The third kappa shape index (κ3) is 5.84. The van der Waals surface area contributed by atoms with Crippen LogP contribution in [0.4, 0.5) is 0 Å². The fourth-order valence-electron chi connectivity index (χ4n) is 3.25. The fourth-order valence-corrected chi connectivity index (χ4v) is 3.25. The third-order valence-electron chi connectivity index (χ3n) is 4.81. The molecule has 1 N–H and O–H groups in total. The Balaban J connectivity index is 1.38. The molecule has 5 heteroatoms. The summed E-state index contributed by atoms with van der Waals surface area (Å²) in [5, 5.41) is 3.10. The second-order valence-corrected chi connectivity index (χ2v) is 6.93. The highest BCUT2D eigenvalue weighted by atomic mass is 16.3. The number of carbonyl (C=O) groups is 2. The summed E-state index contributed by atoms with van der Waals surface area (Å²) in [5.74, 6) is 1.57. The molecule has 1 aliphatic rings. The molecule has 1 aromatic carbocycles. The second kappa shape index (κ2) is 9.21. The standard InChI is InChI=1S/C22H26N2O3/c1-17-7-9-20(27-17)10-12-22(26)24-15-13-19(14-16-24)23-21(25)11-8-18-5-3-2-4-6-18/h2-7,9-10,12,19H,8,11,13-16H2,1H3,(H,23,25). The van der Waals surface area contributed by atoms with Gasteiger partial charge in [-0.2, -0.15) is 0 Å². The van der Waals surface area contributed by atoms with Crippen molar-refractivity contribution >= 4 is 17.9 Å². The van der Waals surface area contributed by atoms with E-state index in [4.69, 9.17) is 4.42 Å². The third-order valence-corrected chi connectivity index (χ3v) is 4.81. The van der Waals surface area contributed by atoms with Crippen LogP contribution in [0.3, 0.4) is 0 Å². The molecule has 1 fully saturated rings. The molecule has 2 amide bonds. The average molecular weight is 366 g/mol. The summed E-state index contributed by atoms with van der Waals surface area (Å²) in [6.45, 7) is 3.19. The van der Waals surface area contributed by atoms with Gasteiger partial charge in [0.2, 0.25) is 11.8 Å². The van der Waals surface area contributed by atoms with Gasteiger partial charge in [0.05, 0.1) is 0 Å². The van der Waals surface area contributed by atoms with Crippen molar-refractivity contribution in [3.63, 3.8) is 0 Å². The van der Waals surface area contributed by atoms with Gasteiger partial charge >= 0.3 is 0 Å². The topological polar surface area (TPSA) is 62.6 Å². The Morgan fingerprint density at radius 2 is 1.89 bits per heavy atom. The summed E-state index contributed by atoms with van der Waals surface area (Å²) in [6.07, 6.45) is 6.08. The van der Waals surface area contributed by atoms with E-state index in [0.717, 1.165) is 25.0 Å². The van der Waals surface area contributed by atoms with Crippen LogP contribution in [0.2, 0.25) is 0 Å². The van der Waals surface area contributed by atoms with Crippen LogP contribution in [0.15, 0.2) is 53.0 Å². The fraction of sp³-hybridized carbons (Fsp3) is 0.364. The number of benzene rings is 1. The molecule has 2 heterocycles. The van der Waals surface area contributed by atoms with E-state index < -0.39 is 0 Å². The molecule has 0 spiro atoms. The highest BCUT2D eigenvalue weighted by Crippen LogP contribution is 2.13. The summed E-state index contributed by atoms with van der Waals surface area (Å²) in [4.78, 5) is 26.2. The lowest BCUT2D eigenvalue weighted by molar-refractivity contribution is -0.127. The first-order chi connectivity index (χ1) is 13.1. The molecular formula is C22H26N2O3. The molecule has 3 rings (SSSR count). The highest BCUT2D eigenvalue weighted by Gasteiger charge is 2.22. The maximum absolute atomic E-state index is 12.3. The zero-order chi connectivity index (χ0) is 19.1. The van der Waals surface area contributed by atoms with Crippen LogP contribution < -0.4 is 5.32 Å². The molecular weight excluding hydrogens is 340 g/mol. The van der Waals surface area contributed by atoms with E-state index in [2.05, 4.69) is 5.32 Å². The Morgan fingerprint density at radius 1 is 1.15 bits per heavy atom. The van der Waals surface area contributed by atoms with Crippen molar-refractivity contribution in [3.05, 3.63) is 65.6 Å². The quantitative estimate of drug-likeness (QED) is 0.798. The number of amides is 2. The van der Waals surface area contributed by atoms with E-state index in [1.54, 1.807) is 12.2 Å². The van der Waals surface area contributed by atoms with Gasteiger partial charge in [-0.15, -0.1) is 0 Å². The molecule has 5 nitrogen and oxygen atoms in total. The van der Waals surface area contributed by atoms with Crippen LogP contribution in [0.25, 0.3) is 6.08 Å². The number of likely N-dealkylation sites (tertiary alicyclic amines) is 1. The van der Waals surface area contributed by atoms with Crippen molar-refractivity contribution in [2.75, 3.05) is 13.1 Å². The van der Waals surface area contributed by atoms with Gasteiger partial charge in [-0.1, -0.05) is 30.3 Å². The smallest absolute Gasteiger partial charge is 0.246 e. The number of hydrogen-bond donors (Lipinski definition) is 1.